The maximum atomic E-state index is 14.1. The number of hydrogen-bond donors (Lipinski definition) is 0. The van der Waals surface area contributed by atoms with Gasteiger partial charge in [-0.15, -0.1) is 0 Å². The zero-order chi connectivity index (χ0) is 23.2. The summed E-state index contributed by atoms with van der Waals surface area (Å²) >= 11 is 6.18. The van der Waals surface area contributed by atoms with Crippen LogP contribution in [0.25, 0.3) is 0 Å². The second-order valence-electron chi connectivity index (χ2n) is 10.3. The molecule has 0 spiro atoms. The quantitative estimate of drug-likeness (QED) is 0.514. The van der Waals surface area contributed by atoms with Gasteiger partial charge in [0.2, 0.25) is 0 Å². The van der Waals surface area contributed by atoms with Gasteiger partial charge >= 0.3 is 0 Å². The maximum absolute atomic E-state index is 14.1. The van der Waals surface area contributed by atoms with Gasteiger partial charge in [-0.25, -0.2) is 14.1 Å². The van der Waals surface area contributed by atoms with Crippen molar-refractivity contribution < 1.29 is 4.39 Å². The van der Waals surface area contributed by atoms with E-state index in [1.54, 1.807) is 6.07 Å². The molecule has 0 amide bonds. The molecule has 4 atom stereocenters. The van der Waals surface area contributed by atoms with E-state index in [9.17, 15) is 4.39 Å². The lowest BCUT2D eigenvalue weighted by Crippen LogP contribution is -2.43. The van der Waals surface area contributed by atoms with E-state index >= 15 is 0 Å². The van der Waals surface area contributed by atoms with E-state index < -0.39 is 0 Å². The lowest BCUT2D eigenvalue weighted by atomic mass is 9.82. The van der Waals surface area contributed by atoms with Gasteiger partial charge in [-0.3, -0.25) is 0 Å². The van der Waals surface area contributed by atoms with Crippen molar-refractivity contribution in [3.63, 3.8) is 0 Å². The molecule has 3 aliphatic rings. The fourth-order valence-electron chi connectivity index (χ4n) is 6.47. The number of fused-ring (bicyclic) bond motifs is 3. The van der Waals surface area contributed by atoms with Gasteiger partial charge in [0.25, 0.3) is 0 Å². The molecular formula is C26H30ClFN6. The van der Waals surface area contributed by atoms with Crippen LogP contribution in [0.15, 0.2) is 30.5 Å². The van der Waals surface area contributed by atoms with Crippen molar-refractivity contribution in [3.05, 3.63) is 64.2 Å². The van der Waals surface area contributed by atoms with Gasteiger partial charge in [-0.1, -0.05) is 18.0 Å². The molecule has 3 aromatic rings. The Bertz CT molecular complexity index is 1160. The summed E-state index contributed by atoms with van der Waals surface area (Å²) in [6.07, 6.45) is 8.43. The number of anilines is 1. The van der Waals surface area contributed by atoms with Crippen LogP contribution in [0.2, 0.25) is 5.02 Å². The van der Waals surface area contributed by atoms with Crippen molar-refractivity contribution in [3.8, 4) is 0 Å². The molecule has 0 radical (unpaired) electrons. The van der Waals surface area contributed by atoms with E-state index in [0.29, 0.717) is 22.8 Å². The van der Waals surface area contributed by atoms with Crippen LogP contribution >= 0.6 is 11.6 Å². The Morgan fingerprint density at radius 1 is 1.06 bits per heavy atom. The van der Waals surface area contributed by atoms with E-state index in [0.717, 1.165) is 68.2 Å². The number of aryl methyl sites for hydroxylation is 2. The Balaban J connectivity index is 1.22. The number of benzene rings is 1. The second-order valence-corrected chi connectivity index (χ2v) is 10.7. The summed E-state index contributed by atoms with van der Waals surface area (Å²) in [5, 5.41) is 13.7. The lowest BCUT2D eigenvalue weighted by molar-refractivity contribution is 0.265. The van der Waals surface area contributed by atoms with Crippen LogP contribution in [0.1, 0.15) is 60.9 Å². The number of aromatic nitrogens is 5. The van der Waals surface area contributed by atoms with E-state index in [1.165, 1.54) is 24.6 Å². The third-order valence-corrected chi connectivity index (χ3v) is 8.25. The molecule has 6 nitrogen and oxygen atoms in total. The highest BCUT2D eigenvalue weighted by molar-refractivity contribution is 6.30. The summed E-state index contributed by atoms with van der Waals surface area (Å²) in [6.45, 7) is 4.99. The summed E-state index contributed by atoms with van der Waals surface area (Å²) in [7, 11) is 0. The van der Waals surface area contributed by atoms with E-state index in [1.807, 2.05) is 19.2 Å². The molecule has 6 rings (SSSR count). The molecule has 1 aromatic carbocycles. The van der Waals surface area contributed by atoms with Crippen molar-refractivity contribution in [1.82, 2.24) is 25.0 Å². The van der Waals surface area contributed by atoms with Gasteiger partial charge in [0.05, 0.1) is 17.6 Å². The Morgan fingerprint density at radius 2 is 1.88 bits per heavy atom. The molecule has 4 heterocycles. The van der Waals surface area contributed by atoms with Crippen LogP contribution in [0, 0.1) is 30.5 Å². The van der Waals surface area contributed by atoms with E-state index in [-0.39, 0.29) is 11.7 Å². The van der Waals surface area contributed by atoms with Crippen LogP contribution in [0.3, 0.4) is 0 Å². The number of rotatable bonds is 4. The molecule has 2 aromatic heterocycles. The lowest BCUT2D eigenvalue weighted by Gasteiger charge is -2.39. The molecule has 2 fully saturated rings. The maximum Gasteiger partial charge on any atom is 0.151 e. The fraction of sp³-hybridized carbons (Fsp3) is 0.538. The predicted octanol–water partition coefficient (Wildman–Crippen LogP) is 5.19. The number of piperidine rings is 1. The van der Waals surface area contributed by atoms with Crippen molar-refractivity contribution in [2.24, 2.45) is 17.8 Å². The average molecular weight is 481 g/mol. The zero-order valence-electron chi connectivity index (χ0n) is 19.5. The van der Waals surface area contributed by atoms with Gasteiger partial charge in [0.1, 0.15) is 11.6 Å². The highest BCUT2D eigenvalue weighted by Crippen LogP contribution is 2.44. The Labute approximate surface area is 204 Å². The molecule has 34 heavy (non-hydrogen) atoms. The summed E-state index contributed by atoms with van der Waals surface area (Å²) in [4.78, 5) is 7.55. The Kier molecular flexibility index (Phi) is 5.76. The highest BCUT2D eigenvalue weighted by atomic mass is 35.5. The van der Waals surface area contributed by atoms with Crippen molar-refractivity contribution >= 4 is 17.3 Å². The molecule has 2 aliphatic heterocycles. The second kappa shape index (κ2) is 8.91. The van der Waals surface area contributed by atoms with Crippen LogP contribution < -0.4 is 4.90 Å². The first-order chi connectivity index (χ1) is 16.5. The first kappa shape index (κ1) is 22.0. The molecular weight excluding hydrogens is 451 g/mol. The largest absolute Gasteiger partial charge is 0.370 e. The van der Waals surface area contributed by atoms with E-state index in [4.69, 9.17) is 21.7 Å². The monoisotopic (exact) mass is 480 g/mol. The summed E-state index contributed by atoms with van der Waals surface area (Å²) < 4.78 is 16.2. The molecule has 1 saturated carbocycles. The number of nitrogens with zero attached hydrogens (tertiary/aromatic N) is 6. The molecule has 1 aliphatic carbocycles. The minimum atomic E-state index is -0.291. The SMILES string of the molecule is Cc1cc(N2C[C@H]3CC[C@@H](C2)C3Cc2nc3n(n2)CCCC[C@H]3c2cc(F)cc(Cl)c2)cnn1. The first-order valence-electron chi connectivity index (χ1n) is 12.5. The van der Waals surface area contributed by atoms with Crippen molar-refractivity contribution in [2.75, 3.05) is 18.0 Å². The Hall–Kier alpha value is -2.54. The normalized spacial score (nSPS) is 26.4. The van der Waals surface area contributed by atoms with E-state index in [2.05, 4.69) is 25.8 Å². The van der Waals surface area contributed by atoms with Gasteiger partial charge in [0, 0.05) is 37.0 Å². The van der Waals surface area contributed by atoms with Gasteiger partial charge in [0.15, 0.2) is 5.82 Å². The molecule has 8 heteroatoms. The summed E-state index contributed by atoms with van der Waals surface area (Å²) in [5.74, 6) is 3.57. The molecule has 2 bridgehead atoms. The van der Waals surface area contributed by atoms with Gasteiger partial charge in [-0.05, 0) is 80.2 Å². The molecule has 1 saturated heterocycles. The summed E-state index contributed by atoms with van der Waals surface area (Å²) in [6, 6.07) is 6.99. The topological polar surface area (TPSA) is 59.7 Å². The highest BCUT2D eigenvalue weighted by Gasteiger charge is 2.42. The standard InChI is InChI=1S/C26H30ClFN6/c1-16-8-22(13-29-31-16)33-14-17-5-6-18(15-33)24(17)12-25-30-26-23(4-2-3-7-34(26)32-25)19-9-20(27)11-21(28)10-19/h8-11,13,17-18,23-24H,2-7,12,14-15H2,1H3/t17-,18+,23-,24?/m0/s1. The summed E-state index contributed by atoms with van der Waals surface area (Å²) in [5.41, 5.74) is 3.05. The smallest absolute Gasteiger partial charge is 0.151 e. The Morgan fingerprint density at radius 3 is 2.65 bits per heavy atom. The van der Waals surface area contributed by atoms with Crippen LogP contribution in [-0.2, 0) is 13.0 Å². The minimum absolute atomic E-state index is 0.0398. The zero-order valence-corrected chi connectivity index (χ0v) is 20.3. The van der Waals surface area contributed by atoms with Crippen molar-refractivity contribution in [2.45, 2.75) is 57.9 Å². The average Bonchev–Trinajstić information content (AvgIpc) is 3.20. The third kappa shape index (κ3) is 4.19. The van der Waals surface area contributed by atoms with Crippen LogP contribution in [0.5, 0.6) is 0 Å². The molecule has 1 unspecified atom stereocenters. The third-order valence-electron chi connectivity index (χ3n) is 8.03. The van der Waals surface area contributed by atoms with Crippen molar-refractivity contribution in [1.29, 1.82) is 0 Å². The van der Waals surface area contributed by atoms with Crippen LogP contribution in [0.4, 0.5) is 10.1 Å². The van der Waals surface area contributed by atoms with Gasteiger partial charge < -0.3 is 4.90 Å². The number of hydrogen-bond acceptors (Lipinski definition) is 5. The first-order valence-corrected chi connectivity index (χ1v) is 12.8. The molecule has 0 N–H and O–H groups in total. The minimum Gasteiger partial charge on any atom is -0.370 e. The number of halogens is 2. The molecule has 178 valence electrons. The predicted molar refractivity (Wildman–Crippen MR) is 130 cm³/mol. The van der Waals surface area contributed by atoms with Crippen LogP contribution in [-0.4, -0.2) is 38.1 Å². The van der Waals surface area contributed by atoms with Gasteiger partial charge in [-0.2, -0.15) is 15.3 Å². The fourth-order valence-corrected chi connectivity index (χ4v) is 6.70.